The van der Waals surface area contributed by atoms with Gasteiger partial charge in [-0.3, -0.25) is 9.59 Å². The van der Waals surface area contributed by atoms with E-state index in [0.717, 1.165) is 39.9 Å². The minimum atomic E-state index is -0.672. The second-order valence-electron chi connectivity index (χ2n) is 10.5. The number of nitrogens with one attached hydrogen (secondary N) is 1. The summed E-state index contributed by atoms with van der Waals surface area (Å²) < 4.78 is 6.99. The first-order valence-electron chi connectivity index (χ1n) is 13.7. The zero-order valence-electron chi connectivity index (χ0n) is 23.0. The summed E-state index contributed by atoms with van der Waals surface area (Å²) in [4.78, 5) is 28.8. The zero-order valence-corrected chi connectivity index (χ0v) is 23.0. The summed E-state index contributed by atoms with van der Waals surface area (Å²) in [5, 5.41) is 11.3. The van der Waals surface area contributed by atoms with Crippen LogP contribution in [0.5, 0.6) is 5.75 Å². The van der Waals surface area contributed by atoms with Crippen LogP contribution in [0.4, 0.5) is 0 Å². The minimum absolute atomic E-state index is 0.144. The van der Waals surface area contributed by atoms with Gasteiger partial charge in [0.15, 0.2) is 0 Å². The Kier molecular flexibility index (Phi) is 8.40. The van der Waals surface area contributed by atoms with E-state index in [2.05, 4.69) is 15.6 Å². The van der Waals surface area contributed by atoms with Crippen molar-refractivity contribution in [3.8, 4) is 5.75 Å². The van der Waals surface area contributed by atoms with Crippen LogP contribution in [-0.2, 0) is 36.0 Å². The lowest BCUT2D eigenvalue weighted by Crippen LogP contribution is -2.51. The minimum Gasteiger partial charge on any atom is -0.497 e. The Hall–Kier alpha value is -4.24. The monoisotopic (exact) mass is 540 g/mol. The molecular formula is C31H36N6O3. The van der Waals surface area contributed by atoms with E-state index in [-0.39, 0.29) is 17.7 Å². The fraction of sp³-hybridized carbons (Fsp3) is 0.355. The van der Waals surface area contributed by atoms with Gasteiger partial charge in [0.25, 0.3) is 0 Å². The first-order valence-corrected chi connectivity index (χ1v) is 13.7. The lowest BCUT2D eigenvalue weighted by Gasteiger charge is -2.27. The summed E-state index contributed by atoms with van der Waals surface area (Å²) in [5.74, 6) is 0.605. The quantitative estimate of drug-likeness (QED) is 0.320. The van der Waals surface area contributed by atoms with E-state index >= 15 is 0 Å². The standard InChI is InChI=1S/C31H36N6O3/c1-36-28-15-11-23(17-27(28)34-35-36)19-33-30(38)29-18-24(16-22-8-12-25(40-2)13-9-22)20-37(29)31(39)26(32)14-10-21-6-4-3-5-7-21/h3-9,11-13,15,17,24,26,29H,10,14,16,18-20,32H2,1-2H3,(H,33,38). The molecule has 0 radical (unpaired) electrons. The molecular weight excluding hydrogens is 504 g/mol. The molecule has 3 N–H and O–H groups in total. The van der Waals surface area contributed by atoms with Crippen LogP contribution in [0.25, 0.3) is 11.0 Å². The Morgan fingerprint density at radius 2 is 1.80 bits per heavy atom. The molecule has 2 amide bonds. The third-order valence-electron chi connectivity index (χ3n) is 7.70. The van der Waals surface area contributed by atoms with Crippen molar-refractivity contribution in [2.45, 2.75) is 44.3 Å². The number of carbonyl (C=O) groups is 2. The van der Waals surface area contributed by atoms with Crippen LogP contribution in [-0.4, -0.2) is 57.4 Å². The largest absolute Gasteiger partial charge is 0.497 e. The highest BCUT2D eigenvalue weighted by molar-refractivity contribution is 5.90. The number of hydrogen-bond donors (Lipinski definition) is 2. The molecule has 1 aliphatic heterocycles. The van der Waals surface area contributed by atoms with Crippen molar-refractivity contribution in [2.75, 3.05) is 13.7 Å². The van der Waals surface area contributed by atoms with Gasteiger partial charge in [0, 0.05) is 20.1 Å². The van der Waals surface area contributed by atoms with Crippen LogP contribution in [0.1, 0.15) is 29.5 Å². The first kappa shape index (κ1) is 27.3. The van der Waals surface area contributed by atoms with Crippen molar-refractivity contribution in [3.05, 3.63) is 89.5 Å². The second kappa shape index (κ2) is 12.3. The number of rotatable bonds is 10. The molecule has 1 saturated heterocycles. The number of benzene rings is 3. The first-order chi connectivity index (χ1) is 19.4. The molecule has 1 aliphatic rings. The second-order valence-corrected chi connectivity index (χ2v) is 10.5. The highest BCUT2D eigenvalue weighted by Gasteiger charge is 2.40. The van der Waals surface area contributed by atoms with Crippen molar-refractivity contribution in [1.82, 2.24) is 25.2 Å². The van der Waals surface area contributed by atoms with Gasteiger partial charge in [-0.05, 0) is 72.6 Å². The third-order valence-corrected chi connectivity index (χ3v) is 7.70. The zero-order chi connectivity index (χ0) is 28.1. The van der Waals surface area contributed by atoms with Crippen LogP contribution in [0, 0.1) is 5.92 Å². The van der Waals surface area contributed by atoms with Crippen LogP contribution in [0.3, 0.4) is 0 Å². The van der Waals surface area contributed by atoms with Gasteiger partial charge in [0.2, 0.25) is 11.8 Å². The topological polar surface area (TPSA) is 115 Å². The normalized spacial score (nSPS) is 17.6. The molecule has 3 atom stereocenters. The average Bonchev–Trinajstić information content (AvgIpc) is 3.58. The van der Waals surface area contributed by atoms with Gasteiger partial charge in [-0.1, -0.05) is 53.7 Å². The number of aromatic nitrogens is 3. The molecule has 5 rings (SSSR count). The number of nitrogens with two attached hydrogens (primary N) is 1. The molecule has 2 heterocycles. The summed E-state index contributed by atoms with van der Waals surface area (Å²) in [5.41, 5.74) is 11.3. The Morgan fingerprint density at radius 1 is 1.05 bits per heavy atom. The number of hydrogen-bond acceptors (Lipinski definition) is 6. The van der Waals surface area contributed by atoms with Crippen LogP contribution < -0.4 is 15.8 Å². The highest BCUT2D eigenvalue weighted by atomic mass is 16.5. The van der Waals surface area contributed by atoms with Crippen LogP contribution in [0.2, 0.25) is 0 Å². The molecule has 208 valence electrons. The number of nitrogens with zero attached hydrogens (tertiary/aromatic N) is 4. The molecule has 9 heteroatoms. The number of amides is 2. The molecule has 0 saturated carbocycles. The smallest absolute Gasteiger partial charge is 0.243 e. The molecule has 3 aromatic carbocycles. The van der Waals surface area contributed by atoms with E-state index < -0.39 is 12.1 Å². The van der Waals surface area contributed by atoms with Gasteiger partial charge < -0.3 is 20.7 Å². The van der Waals surface area contributed by atoms with E-state index in [9.17, 15) is 9.59 Å². The fourth-order valence-corrected chi connectivity index (χ4v) is 5.46. The van der Waals surface area contributed by atoms with Gasteiger partial charge in [-0.25, -0.2) is 4.68 Å². The number of methoxy groups -OCH3 is 1. The SMILES string of the molecule is COc1ccc(CC2CC(C(=O)NCc3ccc4c(c3)nnn4C)N(C(=O)C(N)CCc3ccccc3)C2)cc1. The Balaban J connectivity index is 1.27. The predicted octanol–water partition coefficient (Wildman–Crippen LogP) is 3.01. The van der Waals surface area contributed by atoms with Crippen molar-refractivity contribution in [3.63, 3.8) is 0 Å². The molecule has 1 aromatic heterocycles. The molecule has 0 bridgehead atoms. The van der Waals surface area contributed by atoms with Crippen molar-refractivity contribution in [2.24, 2.45) is 18.7 Å². The Morgan fingerprint density at radius 3 is 2.55 bits per heavy atom. The van der Waals surface area contributed by atoms with E-state index in [1.165, 1.54) is 0 Å². The maximum Gasteiger partial charge on any atom is 0.243 e. The number of carbonyl (C=O) groups excluding carboxylic acids is 2. The Labute approximate surface area is 234 Å². The van der Waals surface area contributed by atoms with E-state index in [1.54, 1.807) is 16.7 Å². The molecule has 40 heavy (non-hydrogen) atoms. The molecule has 4 aromatic rings. The molecule has 1 fully saturated rings. The highest BCUT2D eigenvalue weighted by Crippen LogP contribution is 2.28. The van der Waals surface area contributed by atoms with Gasteiger partial charge in [-0.15, -0.1) is 5.10 Å². The van der Waals surface area contributed by atoms with Gasteiger partial charge in [0.05, 0.1) is 18.7 Å². The molecule has 0 aliphatic carbocycles. The fourth-order valence-electron chi connectivity index (χ4n) is 5.46. The number of likely N-dealkylation sites (tertiary alicyclic amines) is 1. The molecule has 3 unspecified atom stereocenters. The van der Waals surface area contributed by atoms with E-state index in [4.69, 9.17) is 10.5 Å². The Bertz CT molecular complexity index is 1450. The number of aryl methyl sites for hydroxylation is 2. The lowest BCUT2D eigenvalue weighted by atomic mass is 9.96. The summed E-state index contributed by atoms with van der Waals surface area (Å²) >= 11 is 0. The van der Waals surface area contributed by atoms with Gasteiger partial charge >= 0.3 is 0 Å². The number of ether oxygens (including phenoxy) is 1. The summed E-state index contributed by atoms with van der Waals surface area (Å²) in [6.07, 6.45) is 2.58. The maximum absolute atomic E-state index is 13.6. The molecule has 9 nitrogen and oxygen atoms in total. The van der Waals surface area contributed by atoms with Gasteiger partial charge in [-0.2, -0.15) is 0 Å². The van der Waals surface area contributed by atoms with E-state index in [1.807, 2.05) is 79.8 Å². The average molecular weight is 541 g/mol. The van der Waals surface area contributed by atoms with E-state index in [0.29, 0.717) is 32.4 Å². The van der Waals surface area contributed by atoms with Crippen LogP contribution >= 0.6 is 0 Å². The maximum atomic E-state index is 13.6. The lowest BCUT2D eigenvalue weighted by molar-refractivity contribution is -0.139. The summed E-state index contributed by atoms with van der Waals surface area (Å²) in [6, 6.07) is 22.5. The van der Waals surface area contributed by atoms with Gasteiger partial charge in [0.1, 0.15) is 17.3 Å². The van der Waals surface area contributed by atoms with Crippen molar-refractivity contribution >= 4 is 22.8 Å². The van der Waals surface area contributed by atoms with Crippen LogP contribution in [0.15, 0.2) is 72.8 Å². The summed E-state index contributed by atoms with van der Waals surface area (Å²) in [7, 11) is 3.49. The summed E-state index contributed by atoms with van der Waals surface area (Å²) in [6.45, 7) is 0.834. The molecule has 0 spiro atoms. The van der Waals surface area contributed by atoms with Crippen molar-refractivity contribution < 1.29 is 14.3 Å². The van der Waals surface area contributed by atoms with Crippen molar-refractivity contribution in [1.29, 1.82) is 0 Å². The number of fused-ring (bicyclic) bond motifs is 1. The predicted molar refractivity (Wildman–Crippen MR) is 153 cm³/mol. The third kappa shape index (κ3) is 6.31.